The fourth-order valence-electron chi connectivity index (χ4n) is 10.4. The molecule has 300 valence electrons. The minimum Gasteiger partial charge on any atom is -0.310 e. The van der Waals surface area contributed by atoms with Crippen molar-refractivity contribution in [3.05, 3.63) is 276 Å². The van der Waals surface area contributed by atoms with Crippen LogP contribution in [0.5, 0.6) is 0 Å². The maximum atomic E-state index is 8.86. The van der Waals surface area contributed by atoms with Crippen LogP contribution in [0.25, 0.3) is 49.9 Å². The number of nitrogens with one attached hydrogen (secondary N) is 1. The van der Waals surface area contributed by atoms with E-state index in [2.05, 4.69) is 217 Å². The summed E-state index contributed by atoms with van der Waals surface area (Å²) in [6.07, 6.45) is 9.64. The van der Waals surface area contributed by atoms with Crippen LogP contribution in [0.3, 0.4) is 0 Å². The molecule has 1 heterocycles. The monoisotopic (exact) mass is 815 g/mol. The lowest BCUT2D eigenvalue weighted by Crippen LogP contribution is -2.36. The molecule has 0 fully saturated rings. The predicted octanol–water partition coefficient (Wildman–Crippen LogP) is 15.3. The van der Waals surface area contributed by atoms with Crippen LogP contribution in [0.4, 0.5) is 17.1 Å². The Morgan fingerprint density at radius 1 is 0.469 bits per heavy atom. The van der Waals surface area contributed by atoms with Gasteiger partial charge in [0.1, 0.15) is 0 Å². The summed E-state index contributed by atoms with van der Waals surface area (Å²) in [6.45, 7) is 0. The molecule has 0 saturated heterocycles. The Kier molecular flexibility index (Phi) is 8.87. The molecule has 0 amide bonds. The Hall–Kier alpha value is -8.40. The Balaban J connectivity index is 0.937. The Morgan fingerprint density at radius 2 is 1.08 bits per heavy atom. The summed E-state index contributed by atoms with van der Waals surface area (Å²) in [6, 6.07) is 76.8. The minimum absolute atomic E-state index is 0.439. The summed E-state index contributed by atoms with van der Waals surface area (Å²) in [5.41, 5.74) is 19.2. The first-order valence-corrected chi connectivity index (χ1v) is 21.9. The van der Waals surface area contributed by atoms with Gasteiger partial charge >= 0.3 is 0 Å². The van der Waals surface area contributed by atoms with Crippen molar-refractivity contribution in [3.8, 4) is 33.4 Å². The second-order valence-corrected chi connectivity index (χ2v) is 16.6. The average Bonchev–Trinajstić information content (AvgIpc) is 3.65. The molecule has 3 heteroatoms. The molecule has 0 atom stereocenters. The van der Waals surface area contributed by atoms with Crippen LogP contribution in [-0.4, -0.2) is 11.9 Å². The number of benzene rings is 9. The highest BCUT2D eigenvalue weighted by Gasteiger charge is 2.51. The maximum absolute atomic E-state index is 8.86. The molecule has 0 bridgehead atoms. The highest BCUT2D eigenvalue weighted by atomic mass is 15.2. The summed E-state index contributed by atoms with van der Waals surface area (Å²) < 4.78 is 0. The van der Waals surface area contributed by atoms with E-state index in [0.29, 0.717) is 5.71 Å². The van der Waals surface area contributed by atoms with E-state index in [1.165, 1.54) is 61.1 Å². The second-order valence-electron chi connectivity index (χ2n) is 16.6. The van der Waals surface area contributed by atoms with E-state index in [1.54, 1.807) is 0 Å². The van der Waals surface area contributed by atoms with Crippen molar-refractivity contribution >= 4 is 45.5 Å². The zero-order chi connectivity index (χ0) is 42.6. The molecule has 0 unspecified atom stereocenters. The molecule has 2 aliphatic carbocycles. The van der Waals surface area contributed by atoms with E-state index in [4.69, 9.17) is 10.4 Å². The normalized spacial score (nSPS) is 15.0. The van der Waals surface area contributed by atoms with E-state index in [1.807, 2.05) is 30.5 Å². The van der Waals surface area contributed by atoms with E-state index in [-0.39, 0.29) is 0 Å². The van der Waals surface area contributed by atoms with Gasteiger partial charge in [-0.3, -0.25) is 4.99 Å². The second kappa shape index (κ2) is 15.2. The number of aliphatic imine (C=N–C) groups is 1. The molecule has 0 radical (unpaired) electrons. The Morgan fingerprint density at radius 3 is 1.88 bits per heavy atom. The maximum Gasteiger partial charge on any atom is 0.0795 e. The van der Waals surface area contributed by atoms with E-state index in [0.717, 1.165) is 44.8 Å². The molecular formula is C61H41N3. The fourth-order valence-corrected chi connectivity index (χ4v) is 10.4. The molecule has 3 aliphatic rings. The van der Waals surface area contributed by atoms with Gasteiger partial charge in [0.25, 0.3) is 0 Å². The average molecular weight is 816 g/mol. The third-order valence-electron chi connectivity index (χ3n) is 13.2. The first-order chi connectivity index (χ1) is 31.7. The van der Waals surface area contributed by atoms with Gasteiger partial charge in [0, 0.05) is 23.0 Å². The SMILES string of the molecule is N=C1C=CC=C/C1=C(/N=Cc1cccc(-c2ccc3c(c2)-c2ccccc2C32c3ccccc3N(c3ccccc3)c3ccccc32)c1)c1ccc(-c2cccc3ccccc23)cc1. The molecule has 3 nitrogen and oxygen atoms in total. The third kappa shape index (κ3) is 5.90. The number of hydrogen-bond donors (Lipinski definition) is 1. The molecule has 12 rings (SSSR count). The molecule has 1 N–H and O–H groups in total. The smallest absolute Gasteiger partial charge is 0.0795 e. The number of fused-ring (bicyclic) bond motifs is 10. The lowest BCUT2D eigenvalue weighted by atomic mass is 9.64. The van der Waals surface area contributed by atoms with E-state index >= 15 is 0 Å². The van der Waals surface area contributed by atoms with E-state index in [9.17, 15) is 0 Å². The number of nitrogens with zero attached hydrogens (tertiary/aromatic N) is 2. The van der Waals surface area contributed by atoms with Gasteiger partial charge in [-0.15, -0.1) is 0 Å². The van der Waals surface area contributed by atoms with Crippen molar-refractivity contribution in [2.24, 2.45) is 4.99 Å². The zero-order valence-corrected chi connectivity index (χ0v) is 35.0. The summed E-state index contributed by atoms with van der Waals surface area (Å²) in [5, 5.41) is 11.3. The first kappa shape index (κ1) is 37.4. The molecule has 9 aromatic rings. The molecule has 64 heavy (non-hydrogen) atoms. The largest absolute Gasteiger partial charge is 0.310 e. The van der Waals surface area contributed by atoms with Crippen molar-refractivity contribution in [3.63, 3.8) is 0 Å². The zero-order valence-electron chi connectivity index (χ0n) is 35.0. The lowest BCUT2D eigenvalue weighted by Gasteiger charge is -2.45. The Labute approximate surface area is 373 Å². The van der Waals surface area contributed by atoms with Gasteiger partial charge in [-0.05, 0) is 114 Å². The van der Waals surface area contributed by atoms with Crippen LogP contribution in [0.2, 0.25) is 0 Å². The molecule has 9 aromatic carbocycles. The standard InChI is InChI=1S/C61H41N3/c62-57-29-11-7-24-51(57)60(44-34-32-43(33-35-44)49-25-15-18-42-17-4-5-22-48(42)49)63-40-41-16-14-19-45(38-41)46-36-37-54-52(39-46)50-23-6-8-26-53(50)61(54)55-27-9-12-30-58(55)64(47-20-2-1-3-21-47)59-31-13-10-28-56(59)61/h1-40,62H/b60-51-,62-57?,63-40?. The highest BCUT2D eigenvalue weighted by Crippen LogP contribution is 2.63. The Bertz CT molecular complexity index is 3410. The topological polar surface area (TPSA) is 39.5 Å². The van der Waals surface area contributed by atoms with Crippen LogP contribution in [0, 0.1) is 5.41 Å². The highest BCUT2D eigenvalue weighted by molar-refractivity contribution is 6.15. The van der Waals surface area contributed by atoms with E-state index < -0.39 is 5.41 Å². The molecular weight excluding hydrogens is 775 g/mol. The van der Waals surface area contributed by atoms with Crippen molar-refractivity contribution in [2.75, 3.05) is 4.90 Å². The molecule has 1 aliphatic heterocycles. The van der Waals surface area contributed by atoms with Gasteiger partial charge in [-0.1, -0.05) is 194 Å². The minimum atomic E-state index is -0.495. The predicted molar refractivity (Wildman–Crippen MR) is 267 cm³/mol. The van der Waals surface area contributed by atoms with Crippen LogP contribution >= 0.6 is 0 Å². The summed E-state index contributed by atoms with van der Waals surface area (Å²) >= 11 is 0. The number of para-hydroxylation sites is 3. The number of allylic oxidation sites excluding steroid dienone is 5. The van der Waals surface area contributed by atoms with Crippen LogP contribution in [-0.2, 0) is 5.41 Å². The molecule has 0 aromatic heterocycles. The molecule has 0 saturated carbocycles. The number of rotatable bonds is 6. The number of anilines is 3. The summed E-state index contributed by atoms with van der Waals surface area (Å²) in [7, 11) is 0. The van der Waals surface area contributed by atoms with Gasteiger partial charge in [0.05, 0.1) is 28.2 Å². The van der Waals surface area contributed by atoms with Gasteiger partial charge in [0.2, 0.25) is 0 Å². The van der Waals surface area contributed by atoms with Crippen LogP contribution < -0.4 is 4.90 Å². The lowest BCUT2D eigenvalue weighted by molar-refractivity contribution is 0.753. The molecule has 1 spiro atoms. The fraction of sp³-hybridized carbons (Fsp3) is 0.0164. The van der Waals surface area contributed by atoms with Gasteiger partial charge in [-0.2, -0.15) is 0 Å². The van der Waals surface area contributed by atoms with Crippen molar-refractivity contribution in [1.82, 2.24) is 0 Å². The van der Waals surface area contributed by atoms with Crippen molar-refractivity contribution < 1.29 is 0 Å². The van der Waals surface area contributed by atoms with Gasteiger partial charge in [-0.25, -0.2) is 0 Å². The summed E-state index contributed by atoms with van der Waals surface area (Å²) in [5.74, 6) is 0. The summed E-state index contributed by atoms with van der Waals surface area (Å²) in [4.78, 5) is 7.59. The van der Waals surface area contributed by atoms with Crippen molar-refractivity contribution in [2.45, 2.75) is 5.41 Å². The quantitative estimate of drug-likeness (QED) is 0.167. The number of hydrogen-bond acceptors (Lipinski definition) is 3. The third-order valence-corrected chi connectivity index (χ3v) is 13.2. The van der Waals surface area contributed by atoms with Gasteiger partial charge < -0.3 is 10.3 Å². The first-order valence-electron chi connectivity index (χ1n) is 21.9. The van der Waals surface area contributed by atoms with Crippen LogP contribution in [0.1, 0.15) is 33.4 Å². The van der Waals surface area contributed by atoms with Crippen molar-refractivity contribution in [1.29, 1.82) is 5.41 Å². The van der Waals surface area contributed by atoms with Gasteiger partial charge in [0.15, 0.2) is 0 Å². The van der Waals surface area contributed by atoms with Crippen LogP contribution in [0.15, 0.2) is 247 Å².